The topological polar surface area (TPSA) is 105 Å². The summed E-state index contributed by atoms with van der Waals surface area (Å²) < 4.78 is 5.91. The van der Waals surface area contributed by atoms with Crippen molar-refractivity contribution in [3.63, 3.8) is 0 Å². The highest BCUT2D eigenvalue weighted by atomic mass is 16.5. The van der Waals surface area contributed by atoms with Gasteiger partial charge in [0.05, 0.1) is 0 Å². The maximum Gasteiger partial charge on any atom is 0.248 e. The Labute approximate surface area is 243 Å². The van der Waals surface area contributed by atoms with E-state index in [4.69, 9.17) is 10.5 Å². The number of nitrogens with two attached hydrogens (primary N) is 1. The monoisotopic (exact) mass is 560 g/mol. The third kappa shape index (κ3) is 6.75. The van der Waals surface area contributed by atoms with E-state index in [0.717, 1.165) is 44.5 Å². The number of ether oxygens (including phenoxy) is 1. The van der Waals surface area contributed by atoms with Gasteiger partial charge >= 0.3 is 0 Å². The minimum Gasteiger partial charge on any atom is -0.457 e. The van der Waals surface area contributed by atoms with Crippen LogP contribution in [0.2, 0.25) is 0 Å². The van der Waals surface area contributed by atoms with E-state index in [1.54, 1.807) is 24.3 Å². The Morgan fingerprint density at radius 1 is 0.976 bits per heavy atom. The molecule has 3 aliphatic rings. The summed E-state index contributed by atoms with van der Waals surface area (Å²) in [6.07, 6.45) is 10.1. The van der Waals surface area contributed by atoms with E-state index in [1.807, 2.05) is 17.0 Å². The molecular formula is C33H44N4O4. The van der Waals surface area contributed by atoms with Crippen molar-refractivity contribution in [1.82, 2.24) is 15.1 Å². The molecule has 1 aliphatic carbocycles. The highest BCUT2D eigenvalue weighted by Crippen LogP contribution is 2.36. The lowest BCUT2D eigenvalue weighted by atomic mass is 9.79. The van der Waals surface area contributed by atoms with E-state index in [-0.39, 0.29) is 17.9 Å². The summed E-state index contributed by atoms with van der Waals surface area (Å²) in [5.41, 5.74) is 6.18. The van der Waals surface area contributed by atoms with Crippen LogP contribution < -0.4 is 15.8 Å². The van der Waals surface area contributed by atoms with Crippen LogP contribution in [0.3, 0.4) is 0 Å². The average molecular weight is 561 g/mol. The van der Waals surface area contributed by atoms with Crippen molar-refractivity contribution in [2.75, 3.05) is 19.6 Å². The van der Waals surface area contributed by atoms with Crippen LogP contribution in [0.5, 0.6) is 11.5 Å². The van der Waals surface area contributed by atoms with Gasteiger partial charge in [0.25, 0.3) is 0 Å². The Hall–Kier alpha value is -3.39. The number of piperazine rings is 1. The molecule has 1 atom stereocenters. The number of hydrogen-bond donors (Lipinski definition) is 2. The summed E-state index contributed by atoms with van der Waals surface area (Å²) in [5.74, 6) is 1.62. The van der Waals surface area contributed by atoms with Gasteiger partial charge in [-0.05, 0) is 73.6 Å². The van der Waals surface area contributed by atoms with Crippen molar-refractivity contribution in [1.29, 1.82) is 0 Å². The Bertz CT molecular complexity index is 1200. The summed E-state index contributed by atoms with van der Waals surface area (Å²) in [6, 6.07) is 14.4. The Morgan fingerprint density at radius 3 is 2.22 bits per heavy atom. The molecule has 1 unspecified atom stereocenters. The van der Waals surface area contributed by atoms with Gasteiger partial charge < -0.3 is 20.7 Å². The second-order valence-electron chi connectivity index (χ2n) is 12.1. The average Bonchev–Trinajstić information content (AvgIpc) is 2.99. The number of hydrogen-bond acceptors (Lipinski definition) is 5. The molecule has 2 aromatic rings. The molecule has 3 amide bonds. The lowest BCUT2D eigenvalue weighted by molar-refractivity contribution is -0.162. The van der Waals surface area contributed by atoms with Crippen LogP contribution in [0.15, 0.2) is 48.5 Å². The van der Waals surface area contributed by atoms with Gasteiger partial charge in [0, 0.05) is 31.7 Å². The van der Waals surface area contributed by atoms with E-state index in [9.17, 15) is 14.4 Å². The molecule has 3 N–H and O–H groups in total. The third-order valence-corrected chi connectivity index (χ3v) is 9.23. The highest BCUT2D eigenvalue weighted by Gasteiger charge is 2.53. The zero-order chi connectivity index (χ0) is 28.8. The number of nitrogens with one attached hydrogen (secondary N) is 1. The SMILES string of the molecule is CCCCN1C(=O)C(CC2CCCCC2)NC(=O)C12CCN(Cc1ccc(Oc3ccc(C(N)=O)cc3)cc1)CC2. The van der Waals surface area contributed by atoms with Crippen molar-refractivity contribution in [3.05, 3.63) is 59.7 Å². The van der Waals surface area contributed by atoms with Crippen LogP contribution in [0, 0.1) is 5.92 Å². The first-order chi connectivity index (χ1) is 19.9. The number of benzene rings is 2. The smallest absolute Gasteiger partial charge is 0.248 e. The predicted molar refractivity (Wildman–Crippen MR) is 158 cm³/mol. The van der Waals surface area contributed by atoms with E-state index >= 15 is 0 Å². The molecular weight excluding hydrogens is 516 g/mol. The Balaban J connectivity index is 1.18. The molecule has 5 rings (SSSR count). The van der Waals surface area contributed by atoms with Crippen molar-refractivity contribution in [3.8, 4) is 11.5 Å². The lowest BCUT2D eigenvalue weighted by Gasteiger charge is -2.52. The first-order valence-electron chi connectivity index (χ1n) is 15.4. The molecule has 2 heterocycles. The number of likely N-dealkylation sites (tertiary alicyclic amines) is 1. The first kappa shape index (κ1) is 29.1. The second-order valence-corrected chi connectivity index (χ2v) is 12.1. The summed E-state index contributed by atoms with van der Waals surface area (Å²) in [7, 11) is 0. The molecule has 1 spiro atoms. The van der Waals surface area contributed by atoms with Crippen LogP contribution in [0.25, 0.3) is 0 Å². The molecule has 0 aromatic heterocycles. The largest absolute Gasteiger partial charge is 0.457 e. The standard InChI is InChI=1S/C33H44N4O4/c1-2-3-19-37-31(39)29(22-24-7-5-4-6-8-24)35-32(40)33(37)17-20-36(21-18-33)23-25-9-13-27(14-10-25)41-28-15-11-26(12-16-28)30(34)38/h9-16,24,29H,2-8,17-23H2,1H3,(H2,34,38)(H,35,40). The molecule has 0 bridgehead atoms. The molecule has 41 heavy (non-hydrogen) atoms. The van der Waals surface area contributed by atoms with Crippen LogP contribution in [0.4, 0.5) is 0 Å². The van der Waals surface area contributed by atoms with Crippen LogP contribution in [0.1, 0.15) is 87.1 Å². The van der Waals surface area contributed by atoms with Crippen molar-refractivity contribution >= 4 is 17.7 Å². The zero-order valence-corrected chi connectivity index (χ0v) is 24.3. The molecule has 3 fully saturated rings. The van der Waals surface area contributed by atoms with Crippen molar-refractivity contribution < 1.29 is 19.1 Å². The molecule has 2 saturated heterocycles. The molecule has 220 valence electrons. The highest BCUT2D eigenvalue weighted by molar-refractivity contribution is 6.00. The van der Waals surface area contributed by atoms with E-state index < -0.39 is 11.4 Å². The quantitative estimate of drug-likeness (QED) is 0.425. The number of piperidine rings is 1. The van der Waals surface area contributed by atoms with Gasteiger partial charge in [-0.3, -0.25) is 19.3 Å². The summed E-state index contributed by atoms with van der Waals surface area (Å²) in [5, 5.41) is 3.19. The number of amides is 3. The Kier molecular flexibility index (Phi) is 9.28. The van der Waals surface area contributed by atoms with Gasteiger partial charge in [0.2, 0.25) is 17.7 Å². The third-order valence-electron chi connectivity index (χ3n) is 9.23. The molecule has 8 heteroatoms. The summed E-state index contributed by atoms with van der Waals surface area (Å²) in [4.78, 5) is 43.1. The summed E-state index contributed by atoms with van der Waals surface area (Å²) >= 11 is 0. The first-order valence-corrected chi connectivity index (χ1v) is 15.4. The van der Waals surface area contributed by atoms with Gasteiger partial charge in [-0.15, -0.1) is 0 Å². The number of primary amides is 1. The molecule has 8 nitrogen and oxygen atoms in total. The van der Waals surface area contributed by atoms with Crippen LogP contribution in [-0.2, 0) is 16.1 Å². The molecule has 1 saturated carbocycles. The number of carbonyl (C=O) groups excluding carboxylic acids is 3. The maximum atomic E-state index is 13.8. The van der Waals surface area contributed by atoms with Gasteiger partial charge in [-0.25, -0.2) is 0 Å². The minimum atomic E-state index is -0.729. The van der Waals surface area contributed by atoms with Gasteiger partial charge in [-0.2, -0.15) is 0 Å². The van der Waals surface area contributed by atoms with Crippen molar-refractivity contribution in [2.45, 2.75) is 89.3 Å². The fourth-order valence-electron chi connectivity index (χ4n) is 6.75. The maximum absolute atomic E-state index is 13.8. The van der Waals surface area contributed by atoms with E-state index in [0.29, 0.717) is 42.4 Å². The van der Waals surface area contributed by atoms with E-state index in [2.05, 4.69) is 29.3 Å². The molecule has 2 aromatic carbocycles. The van der Waals surface area contributed by atoms with E-state index in [1.165, 1.54) is 32.1 Å². The number of carbonyl (C=O) groups is 3. The zero-order valence-electron chi connectivity index (χ0n) is 24.3. The predicted octanol–water partition coefficient (Wildman–Crippen LogP) is 5.01. The lowest BCUT2D eigenvalue weighted by Crippen LogP contribution is -2.73. The number of nitrogens with zero attached hydrogens (tertiary/aromatic N) is 2. The normalized spacial score (nSPS) is 21.6. The van der Waals surface area contributed by atoms with Gasteiger partial charge in [0.1, 0.15) is 23.1 Å². The fourth-order valence-corrected chi connectivity index (χ4v) is 6.75. The Morgan fingerprint density at radius 2 is 1.61 bits per heavy atom. The van der Waals surface area contributed by atoms with Crippen molar-refractivity contribution in [2.24, 2.45) is 11.7 Å². The summed E-state index contributed by atoms with van der Waals surface area (Å²) in [6.45, 7) is 5.11. The van der Waals surface area contributed by atoms with Gasteiger partial charge in [-0.1, -0.05) is 57.6 Å². The minimum absolute atomic E-state index is 0.0547. The number of unbranched alkanes of at least 4 members (excludes halogenated alkanes) is 1. The fraction of sp³-hybridized carbons (Fsp3) is 0.545. The van der Waals surface area contributed by atoms with Crippen LogP contribution in [-0.4, -0.2) is 58.7 Å². The molecule has 2 aliphatic heterocycles. The second kappa shape index (κ2) is 13.1. The number of rotatable bonds is 10. The van der Waals surface area contributed by atoms with Gasteiger partial charge in [0.15, 0.2) is 0 Å². The van der Waals surface area contributed by atoms with Crippen LogP contribution >= 0.6 is 0 Å². The molecule has 0 radical (unpaired) electrons.